The standard InChI is InChI=1S/C15H15N3O2/c16-10-13-14(19)11-18(12-4-2-1-3-5-12)15(13)17-6-8-20-9-7-17/h1-5H,6-9,11H2. The Morgan fingerprint density at radius 2 is 1.85 bits per heavy atom. The van der Waals surface area contributed by atoms with Crippen molar-refractivity contribution in [3.63, 3.8) is 0 Å². The molecule has 2 heterocycles. The van der Waals surface area contributed by atoms with Crippen LogP contribution in [0, 0.1) is 11.3 Å². The van der Waals surface area contributed by atoms with Crippen LogP contribution in [0.3, 0.4) is 0 Å². The van der Waals surface area contributed by atoms with E-state index in [2.05, 4.69) is 11.0 Å². The zero-order chi connectivity index (χ0) is 13.9. The van der Waals surface area contributed by atoms with Gasteiger partial charge >= 0.3 is 0 Å². The molecule has 0 aliphatic carbocycles. The van der Waals surface area contributed by atoms with Crippen LogP contribution in [-0.2, 0) is 9.53 Å². The fraction of sp³-hybridized carbons (Fsp3) is 0.333. The maximum Gasteiger partial charge on any atom is 0.196 e. The third-order valence-corrected chi connectivity index (χ3v) is 3.55. The molecule has 2 aliphatic heterocycles. The predicted molar refractivity (Wildman–Crippen MR) is 73.8 cm³/mol. The van der Waals surface area contributed by atoms with Crippen molar-refractivity contribution >= 4 is 11.5 Å². The van der Waals surface area contributed by atoms with E-state index in [1.807, 2.05) is 35.2 Å². The summed E-state index contributed by atoms with van der Waals surface area (Å²) in [6.07, 6.45) is 0. The van der Waals surface area contributed by atoms with E-state index in [4.69, 9.17) is 4.74 Å². The van der Waals surface area contributed by atoms with Gasteiger partial charge in [0.05, 0.1) is 19.8 Å². The first-order valence-electron chi connectivity index (χ1n) is 6.64. The van der Waals surface area contributed by atoms with Crippen molar-refractivity contribution in [2.45, 2.75) is 0 Å². The molecule has 102 valence electrons. The van der Waals surface area contributed by atoms with E-state index in [0.717, 1.165) is 11.5 Å². The van der Waals surface area contributed by atoms with E-state index >= 15 is 0 Å². The average Bonchev–Trinajstić information content (AvgIpc) is 2.85. The Bertz CT molecular complexity index is 583. The van der Waals surface area contributed by atoms with Gasteiger partial charge in [-0.3, -0.25) is 4.79 Å². The maximum absolute atomic E-state index is 12.1. The van der Waals surface area contributed by atoms with Crippen molar-refractivity contribution in [2.75, 3.05) is 37.7 Å². The normalized spacial score (nSPS) is 19.4. The number of morpholine rings is 1. The Kier molecular flexibility index (Phi) is 3.40. The van der Waals surface area contributed by atoms with Crippen molar-refractivity contribution in [1.82, 2.24) is 4.90 Å². The van der Waals surface area contributed by atoms with Gasteiger partial charge in [-0.05, 0) is 12.1 Å². The molecule has 0 spiro atoms. The van der Waals surface area contributed by atoms with Crippen LogP contribution in [0.25, 0.3) is 0 Å². The number of para-hydroxylation sites is 1. The molecule has 1 aromatic carbocycles. The fourth-order valence-electron chi connectivity index (χ4n) is 2.60. The highest BCUT2D eigenvalue weighted by atomic mass is 16.5. The highest BCUT2D eigenvalue weighted by Crippen LogP contribution is 2.29. The first-order chi connectivity index (χ1) is 9.81. The van der Waals surface area contributed by atoms with Crippen LogP contribution in [0.5, 0.6) is 0 Å². The quantitative estimate of drug-likeness (QED) is 0.806. The van der Waals surface area contributed by atoms with Gasteiger partial charge in [0.1, 0.15) is 17.5 Å². The minimum atomic E-state index is -0.113. The summed E-state index contributed by atoms with van der Waals surface area (Å²) in [7, 11) is 0. The fourth-order valence-corrected chi connectivity index (χ4v) is 2.60. The molecule has 0 saturated carbocycles. The highest BCUT2D eigenvalue weighted by molar-refractivity contribution is 6.06. The molecule has 5 heteroatoms. The number of nitrogens with zero attached hydrogens (tertiary/aromatic N) is 3. The molecule has 0 radical (unpaired) electrons. The lowest BCUT2D eigenvalue weighted by Gasteiger charge is -2.34. The third kappa shape index (κ3) is 2.15. The Hall–Kier alpha value is -2.32. The molecule has 1 fully saturated rings. The zero-order valence-electron chi connectivity index (χ0n) is 11.1. The van der Waals surface area contributed by atoms with Gasteiger partial charge in [0.15, 0.2) is 5.78 Å². The van der Waals surface area contributed by atoms with Crippen LogP contribution in [0.15, 0.2) is 41.7 Å². The number of carbonyl (C=O) groups excluding carboxylic acids is 1. The van der Waals surface area contributed by atoms with Crippen LogP contribution in [0.2, 0.25) is 0 Å². The summed E-state index contributed by atoms with van der Waals surface area (Å²) in [4.78, 5) is 16.1. The van der Waals surface area contributed by atoms with Gasteiger partial charge in [-0.25, -0.2) is 0 Å². The maximum atomic E-state index is 12.1. The largest absolute Gasteiger partial charge is 0.378 e. The molecule has 0 amide bonds. The lowest BCUT2D eigenvalue weighted by molar-refractivity contribution is -0.113. The minimum absolute atomic E-state index is 0.113. The van der Waals surface area contributed by atoms with Crippen LogP contribution >= 0.6 is 0 Å². The van der Waals surface area contributed by atoms with Gasteiger partial charge < -0.3 is 14.5 Å². The zero-order valence-corrected chi connectivity index (χ0v) is 11.1. The van der Waals surface area contributed by atoms with Gasteiger partial charge in [0.25, 0.3) is 0 Å². The van der Waals surface area contributed by atoms with Gasteiger partial charge in [-0.1, -0.05) is 18.2 Å². The second-order valence-corrected chi connectivity index (χ2v) is 4.75. The molecule has 0 unspecified atom stereocenters. The van der Waals surface area contributed by atoms with Gasteiger partial charge in [0, 0.05) is 18.8 Å². The molecule has 0 atom stereocenters. The Labute approximate surface area is 117 Å². The summed E-state index contributed by atoms with van der Waals surface area (Å²) in [6, 6.07) is 11.8. The molecule has 1 saturated heterocycles. The SMILES string of the molecule is N#CC1=C(N2CCOCC2)N(c2ccccc2)CC1=O. The molecule has 1 aromatic rings. The molecule has 5 nitrogen and oxygen atoms in total. The molecule has 0 aromatic heterocycles. The number of nitriles is 1. The Morgan fingerprint density at radius 1 is 1.15 bits per heavy atom. The van der Waals surface area contributed by atoms with Crippen LogP contribution in [0.1, 0.15) is 0 Å². The van der Waals surface area contributed by atoms with Crippen LogP contribution in [-0.4, -0.2) is 43.5 Å². The van der Waals surface area contributed by atoms with Crippen molar-refractivity contribution < 1.29 is 9.53 Å². The number of hydrogen-bond acceptors (Lipinski definition) is 5. The van der Waals surface area contributed by atoms with Gasteiger partial charge in [-0.15, -0.1) is 0 Å². The Morgan fingerprint density at radius 3 is 2.50 bits per heavy atom. The molecule has 0 N–H and O–H groups in total. The van der Waals surface area contributed by atoms with Crippen molar-refractivity contribution in [3.05, 3.63) is 41.7 Å². The van der Waals surface area contributed by atoms with Crippen molar-refractivity contribution in [2.24, 2.45) is 0 Å². The summed E-state index contributed by atoms with van der Waals surface area (Å²) in [6.45, 7) is 2.89. The number of ketones is 1. The third-order valence-electron chi connectivity index (χ3n) is 3.55. The number of benzene rings is 1. The number of anilines is 1. The summed E-state index contributed by atoms with van der Waals surface area (Å²) in [5.41, 5.74) is 1.20. The highest BCUT2D eigenvalue weighted by Gasteiger charge is 2.34. The second-order valence-electron chi connectivity index (χ2n) is 4.75. The number of rotatable bonds is 2. The topological polar surface area (TPSA) is 56.6 Å². The van der Waals surface area contributed by atoms with Crippen LogP contribution < -0.4 is 4.90 Å². The Balaban J connectivity index is 2.00. The second kappa shape index (κ2) is 5.35. The summed E-state index contributed by atoms with van der Waals surface area (Å²) in [5, 5.41) is 9.29. The lowest BCUT2D eigenvalue weighted by Crippen LogP contribution is -2.41. The molecule has 20 heavy (non-hydrogen) atoms. The number of ether oxygens (including phenoxy) is 1. The minimum Gasteiger partial charge on any atom is -0.378 e. The molecule has 2 aliphatic rings. The monoisotopic (exact) mass is 269 g/mol. The molecular formula is C15H15N3O2. The summed E-state index contributed by atoms with van der Waals surface area (Å²) in [5.74, 6) is 0.616. The number of Topliss-reactive ketones (excluding diaryl/α,β-unsaturated/α-hetero) is 1. The lowest BCUT2D eigenvalue weighted by atomic mass is 10.2. The average molecular weight is 269 g/mol. The van der Waals surface area contributed by atoms with E-state index < -0.39 is 0 Å². The van der Waals surface area contributed by atoms with Gasteiger partial charge in [0.2, 0.25) is 0 Å². The van der Waals surface area contributed by atoms with E-state index in [-0.39, 0.29) is 17.9 Å². The molecular weight excluding hydrogens is 254 g/mol. The predicted octanol–water partition coefficient (Wildman–Crippen LogP) is 1.14. The van der Waals surface area contributed by atoms with E-state index in [1.165, 1.54) is 0 Å². The van der Waals surface area contributed by atoms with Crippen molar-refractivity contribution in [3.8, 4) is 6.07 Å². The van der Waals surface area contributed by atoms with Gasteiger partial charge in [-0.2, -0.15) is 5.26 Å². The molecule has 3 rings (SSSR count). The summed E-state index contributed by atoms with van der Waals surface area (Å²) < 4.78 is 5.35. The summed E-state index contributed by atoms with van der Waals surface area (Å²) >= 11 is 0. The van der Waals surface area contributed by atoms with E-state index in [9.17, 15) is 10.1 Å². The number of hydrogen-bond donors (Lipinski definition) is 0. The van der Waals surface area contributed by atoms with E-state index in [1.54, 1.807) is 0 Å². The smallest absolute Gasteiger partial charge is 0.196 e. The first kappa shape index (κ1) is 12.7. The van der Waals surface area contributed by atoms with Crippen LogP contribution in [0.4, 0.5) is 5.69 Å². The van der Waals surface area contributed by atoms with E-state index in [0.29, 0.717) is 26.3 Å². The van der Waals surface area contributed by atoms with Crippen molar-refractivity contribution in [1.29, 1.82) is 5.26 Å². The number of carbonyl (C=O) groups is 1. The molecule has 0 bridgehead atoms. The first-order valence-corrected chi connectivity index (χ1v) is 6.64.